The molecule has 0 radical (unpaired) electrons. The second-order valence-electron chi connectivity index (χ2n) is 7.11. The number of allylic oxidation sites excluding steroid dienone is 2. The SMILES string of the molecule is CC[C@@H](C)Oc1ccccc1C=NN1C(=O)[C@@H]2[C@H](C1=O)[C@H]1C=C[C@H]2C1. The lowest BCUT2D eigenvalue weighted by atomic mass is 9.85. The number of rotatable bonds is 5. The lowest BCUT2D eigenvalue weighted by Gasteiger charge is -2.15. The van der Waals surface area contributed by atoms with Gasteiger partial charge in [0.15, 0.2) is 0 Å². The summed E-state index contributed by atoms with van der Waals surface area (Å²) in [6.07, 6.45) is 7.64. The van der Waals surface area contributed by atoms with Gasteiger partial charge in [0.2, 0.25) is 0 Å². The van der Waals surface area contributed by atoms with Crippen LogP contribution in [0, 0.1) is 23.7 Å². The summed E-state index contributed by atoms with van der Waals surface area (Å²) in [5.74, 6) is 0.353. The largest absolute Gasteiger partial charge is 0.490 e. The molecule has 130 valence electrons. The van der Waals surface area contributed by atoms with Crippen LogP contribution in [-0.4, -0.2) is 29.1 Å². The smallest absolute Gasteiger partial charge is 0.254 e. The summed E-state index contributed by atoms with van der Waals surface area (Å²) < 4.78 is 5.89. The van der Waals surface area contributed by atoms with Gasteiger partial charge in [-0.25, -0.2) is 0 Å². The second kappa shape index (κ2) is 6.14. The molecule has 1 aliphatic heterocycles. The van der Waals surface area contributed by atoms with Crippen molar-refractivity contribution in [1.82, 2.24) is 5.01 Å². The first-order valence-electron chi connectivity index (χ1n) is 8.96. The number of nitrogens with zero attached hydrogens (tertiary/aromatic N) is 2. The number of benzene rings is 1. The molecular weight excluding hydrogens is 316 g/mol. The fraction of sp³-hybridized carbons (Fsp3) is 0.450. The molecule has 4 rings (SSSR count). The van der Waals surface area contributed by atoms with Gasteiger partial charge in [0.05, 0.1) is 24.2 Å². The third-order valence-electron chi connectivity index (χ3n) is 5.58. The van der Waals surface area contributed by atoms with Crippen molar-refractivity contribution in [2.24, 2.45) is 28.8 Å². The number of hydrogen-bond acceptors (Lipinski definition) is 4. The molecular formula is C20H22N2O3. The van der Waals surface area contributed by atoms with E-state index < -0.39 is 0 Å². The van der Waals surface area contributed by atoms with E-state index >= 15 is 0 Å². The Bertz CT molecular complexity index is 740. The molecule has 5 heteroatoms. The molecule has 1 saturated carbocycles. The van der Waals surface area contributed by atoms with Crippen molar-refractivity contribution in [3.63, 3.8) is 0 Å². The highest BCUT2D eigenvalue weighted by Crippen LogP contribution is 2.52. The van der Waals surface area contributed by atoms with Gasteiger partial charge in [0.25, 0.3) is 11.8 Å². The average molecular weight is 338 g/mol. The summed E-state index contributed by atoms with van der Waals surface area (Å²) in [6.45, 7) is 4.06. The molecule has 0 aromatic heterocycles. The molecule has 5 atom stereocenters. The number of imide groups is 1. The van der Waals surface area contributed by atoms with Crippen LogP contribution < -0.4 is 4.74 Å². The van der Waals surface area contributed by atoms with Crippen LogP contribution in [0.5, 0.6) is 5.75 Å². The van der Waals surface area contributed by atoms with E-state index in [1.54, 1.807) is 6.21 Å². The van der Waals surface area contributed by atoms with E-state index in [-0.39, 0.29) is 41.6 Å². The second-order valence-corrected chi connectivity index (χ2v) is 7.11. The Labute approximate surface area is 147 Å². The van der Waals surface area contributed by atoms with Crippen LogP contribution in [0.4, 0.5) is 0 Å². The van der Waals surface area contributed by atoms with Gasteiger partial charge in [-0.15, -0.1) is 0 Å². The fourth-order valence-corrected chi connectivity index (χ4v) is 4.11. The quantitative estimate of drug-likeness (QED) is 0.471. The first kappa shape index (κ1) is 16.1. The van der Waals surface area contributed by atoms with Crippen molar-refractivity contribution < 1.29 is 14.3 Å². The zero-order chi connectivity index (χ0) is 17.6. The minimum absolute atomic E-state index is 0.0886. The van der Waals surface area contributed by atoms with Gasteiger partial charge in [-0.3, -0.25) is 9.59 Å². The monoisotopic (exact) mass is 338 g/mol. The first-order valence-corrected chi connectivity index (χ1v) is 8.96. The van der Waals surface area contributed by atoms with Crippen LogP contribution in [0.15, 0.2) is 41.5 Å². The van der Waals surface area contributed by atoms with Crippen molar-refractivity contribution in [2.75, 3.05) is 0 Å². The molecule has 25 heavy (non-hydrogen) atoms. The predicted molar refractivity (Wildman–Crippen MR) is 94.0 cm³/mol. The first-order chi connectivity index (χ1) is 12.1. The van der Waals surface area contributed by atoms with Crippen molar-refractivity contribution >= 4 is 18.0 Å². The van der Waals surface area contributed by atoms with E-state index in [0.717, 1.165) is 23.4 Å². The molecule has 2 fully saturated rings. The van der Waals surface area contributed by atoms with Crippen molar-refractivity contribution in [2.45, 2.75) is 32.8 Å². The average Bonchev–Trinajstić information content (AvgIpc) is 3.29. The zero-order valence-corrected chi connectivity index (χ0v) is 14.5. The van der Waals surface area contributed by atoms with Gasteiger partial charge in [-0.2, -0.15) is 10.1 Å². The fourth-order valence-electron chi connectivity index (χ4n) is 4.11. The molecule has 1 aromatic carbocycles. The highest BCUT2D eigenvalue weighted by Gasteiger charge is 2.59. The standard InChI is InChI=1S/C20H22N2O3/c1-3-12(2)25-16-7-5-4-6-15(16)11-21-22-19(23)17-13-8-9-14(10-13)18(17)20(22)24/h4-9,11-14,17-18H,3,10H2,1-2H3/t12-,13+,14+,17-,18+/m1/s1. The Morgan fingerprint density at radius 2 is 1.84 bits per heavy atom. The third kappa shape index (κ3) is 2.58. The number of fused-ring (bicyclic) bond motifs is 5. The Kier molecular flexibility index (Phi) is 3.94. The third-order valence-corrected chi connectivity index (χ3v) is 5.58. The van der Waals surface area contributed by atoms with Gasteiger partial charge < -0.3 is 4.74 Å². The molecule has 1 saturated heterocycles. The van der Waals surface area contributed by atoms with Gasteiger partial charge in [-0.1, -0.05) is 31.2 Å². The normalized spacial score (nSPS) is 31.2. The molecule has 0 N–H and O–H groups in total. The summed E-state index contributed by atoms with van der Waals surface area (Å²) in [7, 11) is 0. The number of hydrazone groups is 1. The summed E-state index contributed by atoms with van der Waals surface area (Å²) >= 11 is 0. The van der Waals surface area contributed by atoms with Crippen LogP contribution in [-0.2, 0) is 9.59 Å². The van der Waals surface area contributed by atoms with Gasteiger partial charge in [0.1, 0.15) is 5.75 Å². The number of para-hydroxylation sites is 1. The lowest BCUT2D eigenvalue weighted by Crippen LogP contribution is -2.28. The van der Waals surface area contributed by atoms with Crippen LogP contribution in [0.2, 0.25) is 0 Å². The molecule has 0 unspecified atom stereocenters. The Hall–Kier alpha value is -2.43. The molecule has 2 bridgehead atoms. The molecule has 1 aromatic rings. The zero-order valence-electron chi connectivity index (χ0n) is 14.5. The number of hydrogen-bond donors (Lipinski definition) is 0. The van der Waals surface area contributed by atoms with Crippen LogP contribution in [0.3, 0.4) is 0 Å². The van der Waals surface area contributed by atoms with E-state index in [9.17, 15) is 9.59 Å². The molecule has 2 amide bonds. The summed E-state index contributed by atoms with van der Waals surface area (Å²) in [5, 5.41) is 5.30. The molecule has 1 heterocycles. The maximum absolute atomic E-state index is 12.6. The van der Waals surface area contributed by atoms with Gasteiger partial charge in [-0.05, 0) is 43.7 Å². The molecule has 0 spiro atoms. The minimum atomic E-state index is -0.216. The van der Waals surface area contributed by atoms with E-state index in [0.29, 0.717) is 5.75 Å². The van der Waals surface area contributed by atoms with E-state index in [2.05, 4.69) is 24.2 Å². The number of carbonyl (C=O) groups excluding carboxylic acids is 2. The summed E-state index contributed by atoms with van der Waals surface area (Å²) in [5.41, 5.74) is 0.765. The molecule has 5 nitrogen and oxygen atoms in total. The van der Waals surface area contributed by atoms with Crippen molar-refractivity contribution in [1.29, 1.82) is 0 Å². The van der Waals surface area contributed by atoms with E-state index in [4.69, 9.17) is 4.74 Å². The molecule has 2 aliphatic carbocycles. The highest BCUT2D eigenvalue weighted by atomic mass is 16.5. The van der Waals surface area contributed by atoms with Gasteiger partial charge in [0, 0.05) is 5.56 Å². The van der Waals surface area contributed by atoms with Crippen LogP contribution in [0.25, 0.3) is 0 Å². The van der Waals surface area contributed by atoms with E-state index in [1.807, 2.05) is 31.2 Å². The number of carbonyl (C=O) groups is 2. The maximum Gasteiger partial charge on any atom is 0.254 e. The van der Waals surface area contributed by atoms with Crippen LogP contribution in [0.1, 0.15) is 32.3 Å². The van der Waals surface area contributed by atoms with Gasteiger partial charge >= 0.3 is 0 Å². The number of ether oxygens (including phenoxy) is 1. The Morgan fingerprint density at radius 3 is 2.48 bits per heavy atom. The summed E-state index contributed by atoms with van der Waals surface area (Å²) in [6, 6.07) is 7.53. The minimum Gasteiger partial charge on any atom is -0.490 e. The van der Waals surface area contributed by atoms with Crippen molar-refractivity contribution in [3.8, 4) is 5.75 Å². The highest BCUT2D eigenvalue weighted by molar-refractivity contribution is 6.06. The Balaban J connectivity index is 1.55. The predicted octanol–water partition coefficient (Wildman–Crippen LogP) is 3.00. The lowest BCUT2D eigenvalue weighted by molar-refractivity contribution is -0.140. The van der Waals surface area contributed by atoms with E-state index in [1.165, 1.54) is 0 Å². The van der Waals surface area contributed by atoms with Crippen LogP contribution >= 0.6 is 0 Å². The Morgan fingerprint density at radius 1 is 1.20 bits per heavy atom. The topological polar surface area (TPSA) is 59.0 Å². The van der Waals surface area contributed by atoms with Crippen molar-refractivity contribution in [3.05, 3.63) is 42.0 Å². The maximum atomic E-state index is 12.6. The summed E-state index contributed by atoms with van der Waals surface area (Å²) in [4.78, 5) is 25.3. The molecule has 3 aliphatic rings. The number of amides is 2.